The van der Waals surface area contributed by atoms with Gasteiger partial charge >= 0.3 is 0 Å². The molecule has 2 heteroatoms. The lowest BCUT2D eigenvalue weighted by atomic mass is 9.87. The molecule has 2 rings (SSSR count). The molecule has 1 unspecified atom stereocenters. The number of nitrogens with one attached hydrogen (secondary N) is 1. The summed E-state index contributed by atoms with van der Waals surface area (Å²) in [7, 11) is 0. The molecule has 0 spiro atoms. The van der Waals surface area contributed by atoms with Crippen LogP contribution in [0.3, 0.4) is 0 Å². The Hall–Kier alpha value is -1.02. The normalized spacial score (nSPS) is 22.8. The summed E-state index contributed by atoms with van der Waals surface area (Å²) >= 11 is 0. The Kier molecular flexibility index (Phi) is 3.72. The van der Waals surface area contributed by atoms with E-state index in [0.717, 1.165) is 13.0 Å². The van der Waals surface area contributed by atoms with Gasteiger partial charge in [-0.2, -0.15) is 0 Å². The van der Waals surface area contributed by atoms with E-state index in [1.807, 2.05) is 12.1 Å². The largest absolute Gasteiger partial charge is 0.508 e. The van der Waals surface area contributed by atoms with Crippen LogP contribution in [0, 0.1) is 5.41 Å². The van der Waals surface area contributed by atoms with E-state index in [1.54, 1.807) is 12.1 Å². The van der Waals surface area contributed by atoms with Gasteiger partial charge in [0.15, 0.2) is 0 Å². The highest BCUT2D eigenvalue weighted by Gasteiger charge is 2.33. The Bertz CT molecular complexity index is 356. The molecule has 0 heterocycles. The van der Waals surface area contributed by atoms with Crippen molar-refractivity contribution in [2.45, 2.75) is 45.6 Å². The molecule has 0 radical (unpaired) electrons. The van der Waals surface area contributed by atoms with Crippen molar-refractivity contribution in [3.05, 3.63) is 29.8 Å². The van der Waals surface area contributed by atoms with Crippen LogP contribution in [0.5, 0.6) is 5.75 Å². The first-order valence-corrected chi connectivity index (χ1v) is 6.59. The van der Waals surface area contributed by atoms with E-state index in [1.165, 1.54) is 24.8 Å². The molecule has 0 amide bonds. The first kappa shape index (κ1) is 12.4. The van der Waals surface area contributed by atoms with Crippen LogP contribution in [-0.2, 0) is 6.42 Å². The van der Waals surface area contributed by atoms with Crippen LogP contribution in [0.1, 0.15) is 38.7 Å². The van der Waals surface area contributed by atoms with Crippen LogP contribution >= 0.6 is 0 Å². The number of rotatable bonds is 4. The molecule has 1 aliphatic rings. The molecule has 2 N–H and O–H groups in total. The topological polar surface area (TPSA) is 32.3 Å². The Balaban J connectivity index is 1.78. The molecule has 2 nitrogen and oxygen atoms in total. The number of benzene rings is 1. The van der Waals surface area contributed by atoms with Crippen molar-refractivity contribution in [2.24, 2.45) is 5.41 Å². The van der Waals surface area contributed by atoms with Gasteiger partial charge in [0.05, 0.1) is 0 Å². The maximum atomic E-state index is 9.21. The predicted octanol–water partition coefficient (Wildman–Crippen LogP) is 3.10. The van der Waals surface area contributed by atoms with Gasteiger partial charge in [-0.15, -0.1) is 0 Å². The monoisotopic (exact) mass is 233 g/mol. The molecule has 0 saturated heterocycles. The van der Waals surface area contributed by atoms with Gasteiger partial charge in [-0.3, -0.25) is 0 Å². The number of phenols is 1. The summed E-state index contributed by atoms with van der Waals surface area (Å²) in [5.74, 6) is 0.346. The molecule has 94 valence electrons. The van der Waals surface area contributed by atoms with E-state index in [4.69, 9.17) is 0 Å². The van der Waals surface area contributed by atoms with Gasteiger partial charge < -0.3 is 10.4 Å². The van der Waals surface area contributed by atoms with Gasteiger partial charge in [-0.05, 0) is 48.9 Å². The van der Waals surface area contributed by atoms with E-state index in [-0.39, 0.29) is 0 Å². The van der Waals surface area contributed by atoms with Crippen LogP contribution in [-0.4, -0.2) is 17.7 Å². The summed E-state index contributed by atoms with van der Waals surface area (Å²) in [6.07, 6.45) is 5.03. The van der Waals surface area contributed by atoms with Crippen molar-refractivity contribution >= 4 is 0 Å². The molecule has 0 aromatic heterocycles. The zero-order valence-electron chi connectivity index (χ0n) is 10.9. The summed E-state index contributed by atoms with van der Waals surface area (Å²) < 4.78 is 0. The van der Waals surface area contributed by atoms with Crippen LogP contribution in [0.4, 0.5) is 0 Å². The standard InChI is InChI=1S/C15H23NO/c1-15(2)10-3-4-14(15)16-11-9-12-5-7-13(17)8-6-12/h5-8,14,16-17H,3-4,9-11H2,1-2H3. The Morgan fingerprint density at radius 3 is 2.59 bits per heavy atom. The third kappa shape index (κ3) is 3.22. The lowest BCUT2D eigenvalue weighted by molar-refractivity contribution is 0.285. The van der Waals surface area contributed by atoms with Crippen molar-refractivity contribution in [1.82, 2.24) is 5.32 Å². The predicted molar refractivity (Wildman–Crippen MR) is 71.2 cm³/mol. The molecule has 1 saturated carbocycles. The zero-order chi connectivity index (χ0) is 12.3. The Labute approximate surface area is 104 Å². The molecule has 0 aliphatic heterocycles. The van der Waals surface area contributed by atoms with Crippen molar-refractivity contribution in [3.8, 4) is 5.75 Å². The Morgan fingerprint density at radius 1 is 1.29 bits per heavy atom. The number of aromatic hydroxyl groups is 1. The summed E-state index contributed by atoms with van der Waals surface area (Å²) in [4.78, 5) is 0. The molecule has 1 fully saturated rings. The second kappa shape index (κ2) is 5.09. The van der Waals surface area contributed by atoms with Crippen molar-refractivity contribution in [3.63, 3.8) is 0 Å². The van der Waals surface area contributed by atoms with Crippen molar-refractivity contribution in [2.75, 3.05) is 6.54 Å². The van der Waals surface area contributed by atoms with Crippen LogP contribution in [0.15, 0.2) is 24.3 Å². The summed E-state index contributed by atoms with van der Waals surface area (Å²) in [6.45, 7) is 5.75. The average Bonchev–Trinajstić information content (AvgIpc) is 2.61. The zero-order valence-corrected chi connectivity index (χ0v) is 10.9. The second-order valence-corrected chi connectivity index (χ2v) is 5.80. The van der Waals surface area contributed by atoms with Gasteiger partial charge in [-0.1, -0.05) is 32.4 Å². The van der Waals surface area contributed by atoms with Gasteiger partial charge in [0.2, 0.25) is 0 Å². The van der Waals surface area contributed by atoms with E-state index in [0.29, 0.717) is 17.2 Å². The van der Waals surface area contributed by atoms with E-state index < -0.39 is 0 Å². The minimum Gasteiger partial charge on any atom is -0.508 e. The quantitative estimate of drug-likeness (QED) is 0.837. The second-order valence-electron chi connectivity index (χ2n) is 5.80. The summed E-state index contributed by atoms with van der Waals surface area (Å²) in [5.41, 5.74) is 1.74. The van der Waals surface area contributed by atoms with E-state index >= 15 is 0 Å². The molecule has 1 aliphatic carbocycles. The highest BCUT2D eigenvalue weighted by molar-refractivity contribution is 5.26. The lowest BCUT2D eigenvalue weighted by Crippen LogP contribution is -2.38. The molecular formula is C15H23NO. The smallest absolute Gasteiger partial charge is 0.115 e. The summed E-state index contributed by atoms with van der Waals surface area (Å²) in [5, 5.41) is 12.9. The van der Waals surface area contributed by atoms with Crippen LogP contribution in [0.2, 0.25) is 0 Å². The number of hydrogen-bond donors (Lipinski definition) is 2. The van der Waals surface area contributed by atoms with Gasteiger partial charge in [0, 0.05) is 6.04 Å². The minimum absolute atomic E-state index is 0.346. The maximum Gasteiger partial charge on any atom is 0.115 e. The number of hydrogen-bond acceptors (Lipinski definition) is 2. The third-order valence-corrected chi connectivity index (χ3v) is 4.00. The fraction of sp³-hybridized carbons (Fsp3) is 0.600. The molecule has 1 aromatic carbocycles. The fourth-order valence-electron chi connectivity index (χ4n) is 2.76. The molecular weight excluding hydrogens is 210 g/mol. The third-order valence-electron chi connectivity index (χ3n) is 4.00. The lowest BCUT2D eigenvalue weighted by Gasteiger charge is -2.28. The minimum atomic E-state index is 0.346. The molecule has 1 aromatic rings. The van der Waals surface area contributed by atoms with E-state index in [2.05, 4.69) is 19.2 Å². The fourth-order valence-corrected chi connectivity index (χ4v) is 2.76. The molecule has 0 bridgehead atoms. The van der Waals surface area contributed by atoms with Gasteiger partial charge in [-0.25, -0.2) is 0 Å². The highest BCUT2D eigenvalue weighted by atomic mass is 16.3. The SMILES string of the molecule is CC1(C)CCCC1NCCc1ccc(O)cc1. The summed E-state index contributed by atoms with van der Waals surface area (Å²) in [6, 6.07) is 8.18. The first-order chi connectivity index (χ1) is 8.08. The maximum absolute atomic E-state index is 9.21. The van der Waals surface area contributed by atoms with Gasteiger partial charge in [0.1, 0.15) is 5.75 Å². The van der Waals surface area contributed by atoms with Gasteiger partial charge in [0.25, 0.3) is 0 Å². The number of phenolic OH excluding ortho intramolecular Hbond substituents is 1. The molecule has 17 heavy (non-hydrogen) atoms. The van der Waals surface area contributed by atoms with E-state index in [9.17, 15) is 5.11 Å². The van der Waals surface area contributed by atoms with Crippen LogP contribution in [0.25, 0.3) is 0 Å². The van der Waals surface area contributed by atoms with Crippen molar-refractivity contribution < 1.29 is 5.11 Å². The van der Waals surface area contributed by atoms with Crippen molar-refractivity contribution in [1.29, 1.82) is 0 Å². The average molecular weight is 233 g/mol. The van der Waals surface area contributed by atoms with Crippen LogP contribution < -0.4 is 5.32 Å². The molecule has 1 atom stereocenters. The first-order valence-electron chi connectivity index (χ1n) is 6.59. The highest BCUT2D eigenvalue weighted by Crippen LogP contribution is 2.37. The Morgan fingerprint density at radius 2 is 2.00 bits per heavy atom.